The third kappa shape index (κ3) is 3.34. The zero-order chi connectivity index (χ0) is 14.9. The third-order valence-corrected chi connectivity index (χ3v) is 3.93. The van der Waals surface area contributed by atoms with Gasteiger partial charge in [-0.1, -0.05) is 11.6 Å². The molecule has 6 heteroatoms. The number of anilines is 1. The summed E-state index contributed by atoms with van der Waals surface area (Å²) < 4.78 is 13.6. The smallest absolute Gasteiger partial charge is 0.257 e. The van der Waals surface area contributed by atoms with E-state index in [-0.39, 0.29) is 16.2 Å². The van der Waals surface area contributed by atoms with Crippen molar-refractivity contribution in [2.24, 2.45) is 0 Å². The molecule has 0 aliphatic heterocycles. The second-order valence-electron chi connectivity index (χ2n) is 4.20. The SMILES string of the molecule is Cc1cc(F)c(Br)cc1NC(=O)c1cc(S)ccc1Cl. The van der Waals surface area contributed by atoms with Crippen LogP contribution in [0.25, 0.3) is 0 Å². The number of aryl methyl sites for hydroxylation is 1. The summed E-state index contributed by atoms with van der Waals surface area (Å²) in [4.78, 5) is 12.8. The predicted molar refractivity (Wildman–Crippen MR) is 85.5 cm³/mol. The normalized spacial score (nSPS) is 10.4. The Morgan fingerprint density at radius 1 is 1.35 bits per heavy atom. The number of thiol groups is 1. The van der Waals surface area contributed by atoms with Gasteiger partial charge in [0, 0.05) is 10.6 Å². The summed E-state index contributed by atoms with van der Waals surface area (Å²) in [5.41, 5.74) is 1.46. The molecule has 0 radical (unpaired) electrons. The molecule has 0 unspecified atom stereocenters. The highest BCUT2D eigenvalue weighted by atomic mass is 79.9. The Hall–Kier alpha value is -1.04. The standard InChI is InChI=1S/C14H10BrClFNOS/c1-7-4-12(17)10(15)6-13(7)18-14(19)9-5-8(20)2-3-11(9)16/h2-6,20H,1H3,(H,18,19). The monoisotopic (exact) mass is 373 g/mol. The first-order valence-electron chi connectivity index (χ1n) is 5.64. The van der Waals surface area contributed by atoms with Crippen LogP contribution in [0.1, 0.15) is 15.9 Å². The highest BCUT2D eigenvalue weighted by Crippen LogP contribution is 2.26. The molecule has 2 nitrogen and oxygen atoms in total. The molecule has 0 aliphatic carbocycles. The number of hydrogen-bond donors (Lipinski definition) is 2. The summed E-state index contributed by atoms with van der Waals surface area (Å²) in [7, 11) is 0. The molecule has 0 atom stereocenters. The summed E-state index contributed by atoms with van der Waals surface area (Å²) in [5.74, 6) is -0.747. The van der Waals surface area contributed by atoms with E-state index < -0.39 is 0 Å². The van der Waals surface area contributed by atoms with Crippen molar-refractivity contribution in [2.75, 3.05) is 5.32 Å². The number of rotatable bonds is 2. The lowest BCUT2D eigenvalue weighted by molar-refractivity contribution is 0.102. The Morgan fingerprint density at radius 3 is 2.75 bits per heavy atom. The molecule has 0 saturated carbocycles. The van der Waals surface area contributed by atoms with Crippen molar-refractivity contribution in [1.29, 1.82) is 0 Å². The summed E-state index contributed by atoms with van der Waals surface area (Å²) >= 11 is 13.3. The van der Waals surface area contributed by atoms with E-state index in [0.29, 0.717) is 26.7 Å². The summed E-state index contributed by atoms with van der Waals surface area (Å²) in [5, 5.41) is 3.04. The largest absolute Gasteiger partial charge is 0.322 e. The number of carbonyl (C=O) groups is 1. The van der Waals surface area contributed by atoms with Gasteiger partial charge in [0.05, 0.1) is 15.1 Å². The molecule has 0 heterocycles. The van der Waals surface area contributed by atoms with Crippen LogP contribution < -0.4 is 5.32 Å². The maximum absolute atomic E-state index is 13.3. The fourth-order valence-electron chi connectivity index (χ4n) is 1.66. The molecule has 0 bridgehead atoms. The van der Waals surface area contributed by atoms with E-state index in [1.54, 1.807) is 25.1 Å². The number of hydrogen-bond acceptors (Lipinski definition) is 2. The predicted octanol–water partition coefficient (Wildman–Crippen LogP) is 5.09. The first kappa shape index (κ1) is 15.4. The zero-order valence-corrected chi connectivity index (χ0v) is 13.6. The van der Waals surface area contributed by atoms with E-state index in [1.165, 1.54) is 12.1 Å². The minimum atomic E-state index is -0.379. The lowest BCUT2D eigenvalue weighted by atomic mass is 10.1. The minimum absolute atomic E-state index is 0.285. The number of halogens is 3. The molecule has 0 fully saturated rings. The molecule has 0 aromatic heterocycles. The van der Waals surface area contributed by atoms with Crippen LogP contribution in [-0.2, 0) is 0 Å². The van der Waals surface area contributed by atoms with E-state index in [4.69, 9.17) is 11.6 Å². The molecule has 0 spiro atoms. The molecule has 20 heavy (non-hydrogen) atoms. The lowest BCUT2D eigenvalue weighted by Gasteiger charge is -2.11. The maximum atomic E-state index is 13.3. The second kappa shape index (κ2) is 6.16. The first-order valence-corrected chi connectivity index (χ1v) is 7.26. The maximum Gasteiger partial charge on any atom is 0.257 e. The number of carbonyl (C=O) groups excluding carboxylic acids is 1. The van der Waals surface area contributed by atoms with Crippen molar-refractivity contribution < 1.29 is 9.18 Å². The molecule has 1 N–H and O–H groups in total. The first-order chi connectivity index (χ1) is 9.38. The summed E-state index contributed by atoms with van der Waals surface area (Å²) in [6.07, 6.45) is 0. The Bertz CT molecular complexity index is 693. The van der Waals surface area contributed by atoms with Gasteiger partial charge in [-0.2, -0.15) is 0 Å². The number of benzene rings is 2. The van der Waals surface area contributed by atoms with Crippen molar-refractivity contribution in [3.05, 3.63) is 56.8 Å². The summed E-state index contributed by atoms with van der Waals surface area (Å²) in [6, 6.07) is 7.74. The molecule has 2 aromatic rings. The van der Waals surface area contributed by atoms with Crippen molar-refractivity contribution in [3.63, 3.8) is 0 Å². The average molecular weight is 375 g/mol. The highest BCUT2D eigenvalue weighted by molar-refractivity contribution is 9.10. The molecule has 2 aromatic carbocycles. The van der Waals surface area contributed by atoms with Crippen molar-refractivity contribution >= 4 is 51.8 Å². The Kier molecular flexibility index (Phi) is 4.73. The van der Waals surface area contributed by atoms with Gasteiger partial charge in [-0.3, -0.25) is 4.79 Å². The van der Waals surface area contributed by atoms with Gasteiger partial charge in [-0.05, 0) is 58.7 Å². The van der Waals surface area contributed by atoms with E-state index in [9.17, 15) is 9.18 Å². The Morgan fingerprint density at radius 2 is 2.05 bits per heavy atom. The Labute approximate surface area is 134 Å². The van der Waals surface area contributed by atoms with E-state index >= 15 is 0 Å². The van der Waals surface area contributed by atoms with Crippen molar-refractivity contribution in [2.45, 2.75) is 11.8 Å². The van der Waals surface area contributed by atoms with Crippen LogP contribution in [0.5, 0.6) is 0 Å². The van der Waals surface area contributed by atoms with Gasteiger partial charge in [0.25, 0.3) is 5.91 Å². The molecular formula is C14H10BrClFNOS. The number of amides is 1. The van der Waals surface area contributed by atoms with E-state index in [1.807, 2.05) is 0 Å². The van der Waals surface area contributed by atoms with Crippen molar-refractivity contribution in [1.82, 2.24) is 0 Å². The minimum Gasteiger partial charge on any atom is -0.322 e. The van der Waals surface area contributed by atoms with Crippen LogP contribution in [-0.4, -0.2) is 5.91 Å². The van der Waals surface area contributed by atoms with Crippen LogP contribution >= 0.6 is 40.2 Å². The van der Waals surface area contributed by atoms with Crippen LogP contribution in [0.15, 0.2) is 39.7 Å². The zero-order valence-electron chi connectivity index (χ0n) is 10.4. The molecule has 0 aliphatic rings. The fourth-order valence-corrected chi connectivity index (χ4v) is 2.41. The van der Waals surface area contributed by atoms with Crippen LogP contribution in [0.3, 0.4) is 0 Å². The van der Waals surface area contributed by atoms with Gasteiger partial charge in [-0.15, -0.1) is 12.6 Å². The number of nitrogens with one attached hydrogen (secondary N) is 1. The highest BCUT2D eigenvalue weighted by Gasteiger charge is 2.13. The van der Waals surface area contributed by atoms with Gasteiger partial charge in [0.15, 0.2) is 0 Å². The van der Waals surface area contributed by atoms with Gasteiger partial charge in [-0.25, -0.2) is 4.39 Å². The average Bonchev–Trinajstić information content (AvgIpc) is 2.38. The lowest BCUT2D eigenvalue weighted by Crippen LogP contribution is -2.13. The van der Waals surface area contributed by atoms with Gasteiger partial charge >= 0.3 is 0 Å². The van der Waals surface area contributed by atoms with Crippen molar-refractivity contribution in [3.8, 4) is 0 Å². The van der Waals surface area contributed by atoms with Gasteiger partial charge < -0.3 is 5.32 Å². The van der Waals surface area contributed by atoms with Crippen LogP contribution in [0, 0.1) is 12.7 Å². The molecule has 1 amide bonds. The quantitative estimate of drug-likeness (QED) is 0.704. The molecule has 104 valence electrons. The molecular weight excluding hydrogens is 365 g/mol. The molecule has 0 saturated heterocycles. The topological polar surface area (TPSA) is 29.1 Å². The third-order valence-electron chi connectivity index (χ3n) is 2.71. The Balaban J connectivity index is 2.32. The van der Waals surface area contributed by atoms with E-state index in [0.717, 1.165) is 0 Å². The van der Waals surface area contributed by atoms with Crippen LogP contribution in [0.4, 0.5) is 10.1 Å². The fraction of sp³-hybridized carbons (Fsp3) is 0.0714. The van der Waals surface area contributed by atoms with E-state index in [2.05, 4.69) is 33.9 Å². The summed E-state index contributed by atoms with van der Waals surface area (Å²) in [6.45, 7) is 1.71. The second-order valence-corrected chi connectivity index (χ2v) is 5.98. The van der Waals surface area contributed by atoms with Crippen LogP contribution in [0.2, 0.25) is 5.02 Å². The molecule has 2 rings (SSSR count). The van der Waals surface area contributed by atoms with Gasteiger partial charge in [0.2, 0.25) is 0 Å². The van der Waals surface area contributed by atoms with Gasteiger partial charge in [0.1, 0.15) is 5.82 Å².